The molecule has 0 unspecified atom stereocenters. The van der Waals surface area contributed by atoms with Crippen LogP contribution in [0.3, 0.4) is 0 Å². The number of hydrogen-bond acceptors (Lipinski definition) is 4. The van der Waals surface area contributed by atoms with Gasteiger partial charge in [-0.05, 0) is 12.5 Å². The Labute approximate surface area is 97.8 Å². The molecule has 1 heterocycles. The van der Waals surface area contributed by atoms with E-state index < -0.39 is 4.92 Å². The molecule has 17 heavy (non-hydrogen) atoms. The number of rotatable bonds is 3. The van der Waals surface area contributed by atoms with Crippen LogP contribution in [0.15, 0.2) is 30.5 Å². The van der Waals surface area contributed by atoms with Gasteiger partial charge in [-0.1, -0.05) is 29.8 Å². The molecule has 2 N–H and O–H groups in total. The molecular formula is C11H12N4O2. The highest BCUT2D eigenvalue weighted by Crippen LogP contribution is 2.20. The molecule has 2 aromatic rings. The minimum atomic E-state index is -0.533. The summed E-state index contributed by atoms with van der Waals surface area (Å²) < 4.78 is 1.42. The first-order valence-corrected chi connectivity index (χ1v) is 5.09. The summed E-state index contributed by atoms with van der Waals surface area (Å²) >= 11 is 0. The van der Waals surface area contributed by atoms with Crippen LogP contribution in [0.25, 0.3) is 0 Å². The zero-order valence-corrected chi connectivity index (χ0v) is 9.33. The number of nitrogens with two attached hydrogens (primary N) is 1. The van der Waals surface area contributed by atoms with Crippen molar-refractivity contribution in [2.75, 3.05) is 5.73 Å². The van der Waals surface area contributed by atoms with E-state index >= 15 is 0 Å². The van der Waals surface area contributed by atoms with Crippen LogP contribution in [0.2, 0.25) is 0 Å². The standard InChI is InChI=1S/C11H12N4O2/c1-8-3-2-4-9(5-8)7-14-11(12)10(6-13-14)15(16)17/h2-6H,7,12H2,1H3. The monoisotopic (exact) mass is 232 g/mol. The van der Waals surface area contributed by atoms with Crippen LogP contribution in [-0.2, 0) is 6.54 Å². The largest absolute Gasteiger partial charge is 0.378 e. The summed E-state index contributed by atoms with van der Waals surface area (Å²) in [6, 6.07) is 7.84. The number of nitro groups is 1. The van der Waals surface area contributed by atoms with Crippen molar-refractivity contribution < 1.29 is 4.92 Å². The van der Waals surface area contributed by atoms with E-state index in [9.17, 15) is 10.1 Å². The summed E-state index contributed by atoms with van der Waals surface area (Å²) in [5, 5.41) is 14.5. The molecule has 0 amide bonds. The summed E-state index contributed by atoms with van der Waals surface area (Å²) in [7, 11) is 0. The van der Waals surface area contributed by atoms with E-state index in [2.05, 4.69) is 5.10 Å². The maximum atomic E-state index is 10.6. The van der Waals surface area contributed by atoms with Gasteiger partial charge in [-0.25, -0.2) is 4.68 Å². The predicted molar refractivity (Wildman–Crippen MR) is 63.6 cm³/mol. The molecule has 1 aromatic heterocycles. The number of anilines is 1. The summed E-state index contributed by atoms with van der Waals surface area (Å²) in [6.07, 6.45) is 1.17. The second-order valence-electron chi connectivity index (χ2n) is 3.82. The van der Waals surface area contributed by atoms with E-state index in [4.69, 9.17) is 5.73 Å². The fourth-order valence-corrected chi connectivity index (χ4v) is 1.64. The van der Waals surface area contributed by atoms with Crippen LogP contribution in [0.1, 0.15) is 11.1 Å². The zero-order valence-electron chi connectivity index (χ0n) is 9.33. The first kappa shape index (κ1) is 11.1. The third-order valence-electron chi connectivity index (χ3n) is 2.47. The molecule has 88 valence electrons. The Morgan fingerprint density at radius 2 is 2.29 bits per heavy atom. The Kier molecular flexibility index (Phi) is 2.78. The van der Waals surface area contributed by atoms with Crippen molar-refractivity contribution in [2.45, 2.75) is 13.5 Å². The van der Waals surface area contributed by atoms with E-state index in [0.717, 1.165) is 11.1 Å². The molecule has 6 heteroatoms. The number of nitrogens with zero attached hydrogens (tertiary/aromatic N) is 3. The summed E-state index contributed by atoms with van der Waals surface area (Å²) in [6.45, 7) is 2.42. The van der Waals surface area contributed by atoms with Gasteiger partial charge < -0.3 is 5.73 Å². The number of hydrogen-bond donors (Lipinski definition) is 1. The second kappa shape index (κ2) is 4.25. The third kappa shape index (κ3) is 2.25. The molecule has 0 atom stereocenters. The van der Waals surface area contributed by atoms with Crippen molar-refractivity contribution in [2.24, 2.45) is 0 Å². The molecule has 1 aromatic carbocycles. The normalized spacial score (nSPS) is 10.4. The maximum absolute atomic E-state index is 10.6. The van der Waals surface area contributed by atoms with Crippen molar-refractivity contribution in [3.05, 3.63) is 51.7 Å². The quantitative estimate of drug-likeness (QED) is 0.644. The van der Waals surface area contributed by atoms with Gasteiger partial charge in [0.1, 0.15) is 6.20 Å². The SMILES string of the molecule is Cc1cccc(Cn2ncc([N+](=O)[O-])c2N)c1. The number of benzene rings is 1. The Bertz CT molecular complexity index is 562. The van der Waals surface area contributed by atoms with Crippen molar-refractivity contribution in [1.29, 1.82) is 0 Å². The molecule has 6 nitrogen and oxygen atoms in total. The number of aryl methyl sites for hydroxylation is 1. The Hall–Kier alpha value is -2.37. The smallest absolute Gasteiger partial charge is 0.330 e. The molecule has 0 saturated heterocycles. The molecule has 0 aliphatic heterocycles. The molecule has 0 radical (unpaired) electrons. The van der Waals surface area contributed by atoms with E-state index in [1.165, 1.54) is 10.9 Å². The molecule has 0 saturated carbocycles. The molecule has 0 aliphatic rings. The van der Waals surface area contributed by atoms with Gasteiger partial charge in [-0.2, -0.15) is 5.10 Å². The van der Waals surface area contributed by atoms with Gasteiger partial charge in [0.15, 0.2) is 0 Å². The van der Waals surface area contributed by atoms with Gasteiger partial charge in [-0.3, -0.25) is 10.1 Å². The highest BCUT2D eigenvalue weighted by Gasteiger charge is 2.17. The lowest BCUT2D eigenvalue weighted by molar-refractivity contribution is -0.384. The minimum Gasteiger partial charge on any atom is -0.378 e. The summed E-state index contributed by atoms with van der Waals surface area (Å²) in [4.78, 5) is 10.1. The van der Waals surface area contributed by atoms with Crippen molar-refractivity contribution in [3.63, 3.8) is 0 Å². The summed E-state index contributed by atoms with van der Waals surface area (Å²) in [5.74, 6) is 0.0801. The lowest BCUT2D eigenvalue weighted by atomic mass is 10.1. The fourth-order valence-electron chi connectivity index (χ4n) is 1.64. The molecule has 2 rings (SSSR count). The van der Waals surface area contributed by atoms with Gasteiger partial charge in [0, 0.05) is 0 Å². The molecule has 0 aliphatic carbocycles. The fraction of sp³-hybridized carbons (Fsp3) is 0.182. The highest BCUT2D eigenvalue weighted by atomic mass is 16.6. The van der Waals surface area contributed by atoms with Gasteiger partial charge in [0.25, 0.3) is 0 Å². The van der Waals surface area contributed by atoms with Gasteiger partial charge >= 0.3 is 5.69 Å². The average Bonchev–Trinajstić information content (AvgIpc) is 2.61. The average molecular weight is 232 g/mol. The molecule has 0 spiro atoms. The van der Waals surface area contributed by atoms with E-state index in [1.807, 2.05) is 31.2 Å². The van der Waals surface area contributed by atoms with Gasteiger partial charge in [0.05, 0.1) is 11.5 Å². The number of nitrogen functional groups attached to an aromatic ring is 1. The first-order valence-electron chi connectivity index (χ1n) is 5.09. The lowest BCUT2D eigenvalue weighted by Crippen LogP contribution is -2.06. The van der Waals surface area contributed by atoms with Crippen LogP contribution in [-0.4, -0.2) is 14.7 Å². The Morgan fingerprint density at radius 1 is 1.53 bits per heavy atom. The van der Waals surface area contributed by atoms with Crippen LogP contribution >= 0.6 is 0 Å². The minimum absolute atomic E-state index is 0.0801. The Morgan fingerprint density at radius 3 is 2.88 bits per heavy atom. The van der Waals surface area contributed by atoms with Crippen molar-refractivity contribution in [3.8, 4) is 0 Å². The van der Waals surface area contributed by atoms with E-state index in [-0.39, 0.29) is 11.5 Å². The Balaban J connectivity index is 2.28. The van der Waals surface area contributed by atoms with Crippen LogP contribution in [0, 0.1) is 17.0 Å². The topological polar surface area (TPSA) is 87.0 Å². The van der Waals surface area contributed by atoms with Crippen LogP contribution in [0.4, 0.5) is 11.5 Å². The molecule has 0 bridgehead atoms. The van der Waals surface area contributed by atoms with Crippen molar-refractivity contribution in [1.82, 2.24) is 9.78 Å². The summed E-state index contributed by atoms with van der Waals surface area (Å²) in [5.41, 5.74) is 7.63. The van der Waals surface area contributed by atoms with E-state index in [0.29, 0.717) is 6.54 Å². The first-order chi connectivity index (χ1) is 8.08. The van der Waals surface area contributed by atoms with Gasteiger partial charge in [0.2, 0.25) is 5.82 Å². The zero-order chi connectivity index (χ0) is 12.4. The van der Waals surface area contributed by atoms with Crippen LogP contribution < -0.4 is 5.73 Å². The number of aromatic nitrogens is 2. The highest BCUT2D eigenvalue weighted by molar-refractivity contribution is 5.51. The van der Waals surface area contributed by atoms with Gasteiger partial charge in [-0.15, -0.1) is 0 Å². The predicted octanol–water partition coefficient (Wildman–Crippen LogP) is 1.73. The molecular weight excluding hydrogens is 220 g/mol. The maximum Gasteiger partial charge on any atom is 0.330 e. The van der Waals surface area contributed by atoms with Crippen LogP contribution in [0.5, 0.6) is 0 Å². The van der Waals surface area contributed by atoms with Crippen molar-refractivity contribution >= 4 is 11.5 Å². The van der Waals surface area contributed by atoms with E-state index in [1.54, 1.807) is 0 Å². The second-order valence-corrected chi connectivity index (χ2v) is 3.82. The third-order valence-corrected chi connectivity index (χ3v) is 2.47. The molecule has 0 fully saturated rings. The lowest BCUT2D eigenvalue weighted by Gasteiger charge is -2.04.